The Morgan fingerprint density at radius 3 is 2.91 bits per heavy atom. The van der Waals surface area contributed by atoms with Gasteiger partial charge in [0.2, 0.25) is 5.52 Å². The molecule has 54 valence electrons. The molecule has 0 unspecified atom stereocenters. The van der Waals surface area contributed by atoms with Gasteiger partial charge in [-0.1, -0.05) is 0 Å². The van der Waals surface area contributed by atoms with Crippen LogP contribution in [0.4, 0.5) is 0 Å². The Morgan fingerprint density at radius 1 is 1.27 bits per heavy atom. The van der Waals surface area contributed by atoms with Crippen molar-refractivity contribution < 1.29 is 4.73 Å². The summed E-state index contributed by atoms with van der Waals surface area (Å²) in [6.07, 6.45) is 4.44. The van der Waals surface area contributed by atoms with Crippen molar-refractivity contribution in [2.75, 3.05) is 0 Å². The molecule has 0 radical (unpaired) electrons. The molecule has 0 aliphatic carbocycles. The normalized spacial score (nSPS) is 10.2. The third-order valence-electron chi connectivity index (χ3n) is 1.47. The summed E-state index contributed by atoms with van der Waals surface area (Å²) in [5.74, 6) is 0. The van der Waals surface area contributed by atoms with Crippen LogP contribution >= 0.6 is 0 Å². The van der Waals surface area contributed by atoms with E-state index in [-0.39, 0.29) is 0 Å². The lowest BCUT2D eigenvalue weighted by Gasteiger charge is -1.97. The van der Waals surface area contributed by atoms with Crippen molar-refractivity contribution >= 4 is 10.9 Å². The highest BCUT2D eigenvalue weighted by Crippen LogP contribution is 2.02. The SMILES string of the molecule is [O-][n+]1cccc2cnncc21. The molecule has 0 fully saturated rings. The van der Waals surface area contributed by atoms with Crippen LogP contribution in [0.25, 0.3) is 10.9 Å². The van der Waals surface area contributed by atoms with Crippen LogP contribution in [0.5, 0.6) is 0 Å². The van der Waals surface area contributed by atoms with Crippen molar-refractivity contribution in [1.29, 1.82) is 0 Å². The van der Waals surface area contributed by atoms with E-state index >= 15 is 0 Å². The molecule has 2 heterocycles. The molecular weight excluding hydrogens is 142 g/mol. The summed E-state index contributed by atoms with van der Waals surface area (Å²) in [5.41, 5.74) is 0.544. The van der Waals surface area contributed by atoms with Gasteiger partial charge >= 0.3 is 0 Å². The summed E-state index contributed by atoms with van der Waals surface area (Å²) in [5, 5.41) is 19.1. The quantitative estimate of drug-likeness (QED) is 0.397. The molecule has 0 amide bonds. The van der Waals surface area contributed by atoms with E-state index < -0.39 is 0 Å². The number of aromatic nitrogens is 3. The van der Waals surface area contributed by atoms with Crippen LogP contribution in [0, 0.1) is 5.21 Å². The zero-order chi connectivity index (χ0) is 7.68. The predicted octanol–water partition coefficient (Wildman–Crippen LogP) is 0.263. The first-order chi connectivity index (χ1) is 5.38. The van der Waals surface area contributed by atoms with Gasteiger partial charge in [-0.25, -0.2) is 0 Å². The van der Waals surface area contributed by atoms with Crippen LogP contribution in [0.3, 0.4) is 0 Å². The Balaban J connectivity index is 2.91. The van der Waals surface area contributed by atoms with Crippen LogP contribution in [0.2, 0.25) is 0 Å². The first-order valence-electron chi connectivity index (χ1n) is 3.16. The minimum absolute atomic E-state index is 0.544. The third-order valence-corrected chi connectivity index (χ3v) is 1.47. The van der Waals surface area contributed by atoms with Gasteiger partial charge in [0.1, 0.15) is 6.20 Å². The fraction of sp³-hybridized carbons (Fsp3) is 0. The Hall–Kier alpha value is -1.71. The monoisotopic (exact) mass is 147 g/mol. The van der Waals surface area contributed by atoms with Gasteiger partial charge in [-0.15, -0.1) is 0 Å². The summed E-state index contributed by atoms with van der Waals surface area (Å²) < 4.78 is 0.768. The number of pyridine rings is 1. The molecule has 0 aliphatic heterocycles. The molecule has 4 heteroatoms. The van der Waals surface area contributed by atoms with Crippen molar-refractivity contribution in [3.63, 3.8) is 0 Å². The second-order valence-corrected chi connectivity index (χ2v) is 2.16. The lowest BCUT2D eigenvalue weighted by atomic mass is 10.3. The Labute approximate surface area is 62.7 Å². The van der Waals surface area contributed by atoms with Gasteiger partial charge in [0, 0.05) is 6.07 Å². The number of rotatable bonds is 0. The van der Waals surface area contributed by atoms with Crippen molar-refractivity contribution in [3.8, 4) is 0 Å². The van der Waals surface area contributed by atoms with E-state index in [1.165, 1.54) is 12.4 Å². The molecule has 0 bridgehead atoms. The van der Waals surface area contributed by atoms with E-state index in [2.05, 4.69) is 10.2 Å². The van der Waals surface area contributed by atoms with Crippen molar-refractivity contribution in [2.45, 2.75) is 0 Å². The minimum atomic E-state index is 0.544. The average molecular weight is 147 g/mol. The molecule has 0 aliphatic rings. The van der Waals surface area contributed by atoms with Crippen LogP contribution in [0.1, 0.15) is 0 Å². The topological polar surface area (TPSA) is 52.7 Å². The predicted molar refractivity (Wildman–Crippen MR) is 38.5 cm³/mol. The Morgan fingerprint density at radius 2 is 2.09 bits per heavy atom. The van der Waals surface area contributed by atoms with Crippen molar-refractivity contribution in [2.24, 2.45) is 0 Å². The highest BCUT2D eigenvalue weighted by atomic mass is 16.5. The number of nitrogens with zero attached hydrogens (tertiary/aromatic N) is 3. The molecule has 0 saturated carbocycles. The highest BCUT2D eigenvalue weighted by molar-refractivity contribution is 5.72. The lowest BCUT2D eigenvalue weighted by Crippen LogP contribution is -2.25. The molecule has 0 spiro atoms. The van der Waals surface area contributed by atoms with Crippen LogP contribution in [-0.4, -0.2) is 10.2 Å². The van der Waals surface area contributed by atoms with E-state index in [4.69, 9.17) is 0 Å². The fourth-order valence-electron chi connectivity index (χ4n) is 0.942. The smallest absolute Gasteiger partial charge is 0.245 e. The van der Waals surface area contributed by atoms with Gasteiger partial charge in [0.05, 0.1) is 11.6 Å². The van der Waals surface area contributed by atoms with Gasteiger partial charge in [0.25, 0.3) is 0 Å². The highest BCUT2D eigenvalue weighted by Gasteiger charge is 1.99. The summed E-state index contributed by atoms with van der Waals surface area (Å²) in [6, 6.07) is 3.50. The molecule has 2 rings (SSSR count). The number of hydrogen-bond donors (Lipinski definition) is 0. The van der Waals surface area contributed by atoms with Crippen molar-refractivity contribution in [1.82, 2.24) is 10.2 Å². The summed E-state index contributed by atoms with van der Waals surface area (Å²) in [7, 11) is 0. The first-order valence-corrected chi connectivity index (χ1v) is 3.16. The first kappa shape index (κ1) is 6.03. The van der Waals surface area contributed by atoms with Crippen LogP contribution in [-0.2, 0) is 0 Å². The van der Waals surface area contributed by atoms with Crippen LogP contribution < -0.4 is 4.73 Å². The van der Waals surface area contributed by atoms with Gasteiger partial charge in [-0.3, -0.25) is 0 Å². The zero-order valence-corrected chi connectivity index (χ0v) is 5.64. The maximum atomic E-state index is 11.0. The van der Waals surface area contributed by atoms with E-state index in [9.17, 15) is 5.21 Å². The largest absolute Gasteiger partial charge is 0.618 e. The Kier molecular flexibility index (Phi) is 1.18. The molecular formula is C7H5N3O. The fourth-order valence-corrected chi connectivity index (χ4v) is 0.942. The number of fused-ring (bicyclic) bond motifs is 1. The van der Waals surface area contributed by atoms with E-state index in [0.717, 1.165) is 10.1 Å². The lowest BCUT2D eigenvalue weighted by molar-refractivity contribution is -0.577. The zero-order valence-electron chi connectivity index (χ0n) is 5.64. The van der Waals surface area contributed by atoms with Gasteiger partial charge in [-0.2, -0.15) is 14.9 Å². The van der Waals surface area contributed by atoms with Crippen molar-refractivity contribution in [3.05, 3.63) is 35.9 Å². The molecule has 2 aromatic heterocycles. The molecule has 0 aromatic carbocycles. The van der Waals surface area contributed by atoms with Gasteiger partial charge in [-0.05, 0) is 6.07 Å². The van der Waals surface area contributed by atoms with E-state index in [0.29, 0.717) is 5.52 Å². The number of hydrogen-bond acceptors (Lipinski definition) is 3. The van der Waals surface area contributed by atoms with Gasteiger partial charge in [0.15, 0.2) is 6.20 Å². The molecule has 4 nitrogen and oxygen atoms in total. The van der Waals surface area contributed by atoms with E-state index in [1.807, 2.05) is 6.07 Å². The molecule has 0 N–H and O–H groups in total. The standard InChI is InChI=1S/C7H5N3O/c11-10-3-1-2-6-4-8-9-5-7(6)10/h1-5H. The third kappa shape index (κ3) is 0.881. The van der Waals surface area contributed by atoms with Gasteiger partial charge < -0.3 is 5.21 Å². The molecule has 11 heavy (non-hydrogen) atoms. The maximum Gasteiger partial charge on any atom is 0.245 e. The molecule has 2 aromatic rings. The second kappa shape index (κ2) is 2.16. The average Bonchev–Trinajstić information content (AvgIpc) is 2.06. The summed E-state index contributed by atoms with van der Waals surface area (Å²) >= 11 is 0. The molecule has 0 atom stereocenters. The molecule has 0 saturated heterocycles. The maximum absolute atomic E-state index is 11.0. The van der Waals surface area contributed by atoms with Crippen LogP contribution in [0.15, 0.2) is 30.7 Å². The second-order valence-electron chi connectivity index (χ2n) is 2.16. The summed E-state index contributed by atoms with van der Waals surface area (Å²) in [4.78, 5) is 0. The van der Waals surface area contributed by atoms with E-state index in [1.54, 1.807) is 12.3 Å². The Bertz CT molecular complexity index is 383. The summed E-state index contributed by atoms with van der Waals surface area (Å²) in [6.45, 7) is 0. The minimum Gasteiger partial charge on any atom is -0.618 e.